The van der Waals surface area contributed by atoms with Gasteiger partial charge in [-0.25, -0.2) is 4.79 Å². The molecule has 102 valence electrons. The van der Waals surface area contributed by atoms with Gasteiger partial charge in [-0.2, -0.15) is 0 Å². The van der Waals surface area contributed by atoms with Crippen LogP contribution in [0.2, 0.25) is 0 Å². The van der Waals surface area contributed by atoms with Gasteiger partial charge in [-0.15, -0.1) is 0 Å². The van der Waals surface area contributed by atoms with Crippen molar-refractivity contribution in [3.05, 3.63) is 68.8 Å². The standard InChI is InChI=1S/C16H13IO3/c1-11-2-4-12(5-3-11)15(18)10-20-16(19)13-6-8-14(17)9-7-13/h2-9H,10H2,1H3. The first-order valence-electron chi connectivity index (χ1n) is 6.09. The topological polar surface area (TPSA) is 43.4 Å². The quantitative estimate of drug-likeness (QED) is 0.462. The molecule has 0 saturated carbocycles. The molecule has 0 radical (unpaired) electrons. The second-order valence-corrected chi connectivity index (χ2v) is 5.62. The first-order chi connectivity index (χ1) is 9.56. The maximum absolute atomic E-state index is 11.9. The molecule has 0 amide bonds. The van der Waals surface area contributed by atoms with Crippen molar-refractivity contribution in [2.24, 2.45) is 0 Å². The maximum Gasteiger partial charge on any atom is 0.338 e. The Morgan fingerprint density at radius 3 is 2.10 bits per heavy atom. The summed E-state index contributed by atoms with van der Waals surface area (Å²) in [5, 5.41) is 0. The monoisotopic (exact) mass is 380 g/mol. The molecule has 0 aliphatic rings. The van der Waals surface area contributed by atoms with Gasteiger partial charge in [0.15, 0.2) is 12.4 Å². The van der Waals surface area contributed by atoms with E-state index in [2.05, 4.69) is 22.6 Å². The van der Waals surface area contributed by atoms with E-state index in [0.29, 0.717) is 11.1 Å². The summed E-state index contributed by atoms with van der Waals surface area (Å²) in [6, 6.07) is 14.2. The van der Waals surface area contributed by atoms with Crippen LogP contribution in [0.3, 0.4) is 0 Å². The van der Waals surface area contributed by atoms with Crippen molar-refractivity contribution in [2.75, 3.05) is 6.61 Å². The van der Waals surface area contributed by atoms with Crippen LogP contribution in [0.15, 0.2) is 48.5 Å². The van der Waals surface area contributed by atoms with E-state index in [1.165, 1.54) is 0 Å². The molecule has 0 heterocycles. The molecule has 2 aromatic carbocycles. The Morgan fingerprint density at radius 1 is 0.950 bits per heavy atom. The molecule has 0 saturated heterocycles. The van der Waals surface area contributed by atoms with Crippen LogP contribution in [-0.4, -0.2) is 18.4 Å². The molecule has 2 aromatic rings. The van der Waals surface area contributed by atoms with Crippen LogP contribution < -0.4 is 0 Å². The minimum Gasteiger partial charge on any atom is -0.454 e. The predicted molar refractivity (Wildman–Crippen MR) is 85.0 cm³/mol. The lowest BCUT2D eigenvalue weighted by atomic mass is 10.1. The normalized spacial score (nSPS) is 10.1. The van der Waals surface area contributed by atoms with E-state index in [1.807, 2.05) is 31.2 Å². The van der Waals surface area contributed by atoms with Gasteiger partial charge in [-0.1, -0.05) is 29.8 Å². The summed E-state index contributed by atoms with van der Waals surface area (Å²) in [6.45, 7) is 1.71. The molecule has 0 aliphatic heterocycles. The fourth-order valence-electron chi connectivity index (χ4n) is 1.62. The lowest BCUT2D eigenvalue weighted by molar-refractivity contribution is 0.0474. The fourth-order valence-corrected chi connectivity index (χ4v) is 1.98. The Labute approximate surface area is 131 Å². The molecule has 20 heavy (non-hydrogen) atoms. The third kappa shape index (κ3) is 3.90. The zero-order chi connectivity index (χ0) is 14.5. The first kappa shape index (κ1) is 14.7. The number of Topliss-reactive ketones (excluding diaryl/α,β-unsaturated/α-hetero) is 1. The smallest absolute Gasteiger partial charge is 0.338 e. The Balaban J connectivity index is 1.94. The van der Waals surface area contributed by atoms with Crippen molar-refractivity contribution in [1.82, 2.24) is 0 Å². The molecule has 0 atom stereocenters. The van der Waals surface area contributed by atoms with Crippen molar-refractivity contribution in [3.8, 4) is 0 Å². The van der Waals surface area contributed by atoms with Gasteiger partial charge in [0, 0.05) is 9.13 Å². The van der Waals surface area contributed by atoms with Crippen molar-refractivity contribution >= 4 is 34.3 Å². The van der Waals surface area contributed by atoms with Crippen LogP contribution >= 0.6 is 22.6 Å². The second-order valence-electron chi connectivity index (χ2n) is 4.37. The summed E-state index contributed by atoms with van der Waals surface area (Å²) >= 11 is 2.16. The summed E-state index contributed by atoms with van der Waals surface area (Å²) in [4.78, 5) is 23.6. The van der Waals surface area contributed by atoms with Crippen molar-refractivity contribution < 1.29 is 14.3 Å². The SMILES string of the molecule is Cc1ccc(C(=O)COC(=O)c2ccc(I)cc2)cc1. The zero-order valence-electron chi connectivity index (χ0n) is 10.9. The van der Waals surface area contributed by atoms with Crippen molar-refractivity contribution in [3.63, 3.8) is 0 Å². The van der Waals surface area contributed by atoms with Gasteiger partial charge in [-0.05, 0) is 53.8 Å². The number of rotatable bonds is 4. The third-order valence-electron chi connectivity index (χ3n) is 2.79. The number of ether oxygens (including phenoxy) is 1. The number of hydrogen-bond acceptors (Lipinski definition) is 3. The lowest BCUT2D eigenvalue weighted by Crippen LogP contribution is -2.14. The summed E-state index contributed by atoms with van der Waals surface area (Å²) in [5.41, 5.74) is 2.07. The molecular weight excluding hydrogens is 367 g/mol. The Kier molecular flexibility index (Phi) is 4.89. The highest BCUT2D eigenvalue weighted by Gasteiger charge is 2.11. The van der Waals surface area contributed by atoms with E-state index in [0.717, 1.165) is 9.13 Å². The highest BCUT2D eigenvalue weighted by Crippen LogP contribution is 2.09. The average molecular weight is 380 g/mol. The van der Waals surface area contributed by atoms with Crippen molar-refractivity contribution in [1.29, 1.82) is 0 Å². The summed E-state index contributed by atoms with van der Waals surface area (Å²) in [7, 11) is 0. The number of ketones is 1. The van der Waals surface area contributed by atoms with Gasteiger partial charge in [0.2, 0.25) is 0 Å². The molecule has 0 spiro atoms. The van der Waals surface area contributed by atoms with Gasteiger partial charge in [-0.3, -0.25) is 4.79 Å². The third-order valence-corrected chi connectivity index (χ3v) is 3.51. The van der Waals surface area contributed by atoms with Crippen LogP contribution in [0.25, 0.3) is 0 Å². The summed E-state index contributed by atoms with van der Waals surface area (Å²) in [6.07, 6.45) is 0. The van der Waals surface area contributed by atoms with Crippen LogP contribution in [0.1, 0.15) is 26.3 Å². The summed E-state index contributed by atoms with van der Waals surface area (Å²) < 4.78 is 6.06. The minimum atomic E-state index is -0.484. The highest BCUT2D eigenvalue weighted by atomic mass is 127. The number of aryl methyl sites for hydroxylation is 1. The molecule has 4 heteroatoms. The lowest BCUT2D eigenvalue weighted by Gasteiger charge is -2.05. The van der Waals surface area contributed by atoms with E-state index in [1.54, 1.807) is 24.3 Å². The molecule has 0 aromatic heterocycles. The number of benzene rings is 2. The largest absolute Gasteiger partial charge is 0.454 e. The molecule has 0 unspecified atom stereocenters. The molecule has 3 nitrogen and oxygen atoms in total. The maximum atomic E-state index is 11.9. The Morgan fingerprint density at radius 2 is 1.50 bits per heavy atom. The van der Waals surface area contributed by atoms with Crippen LogP contribution in [-0.2, 0) is 4.74 Å². The van der Waals surface area contributed by atoms with E-state index in [4.69, 9.17) is 4.74 Å². The van der Waals surface area contributed by atoms with Gasteiger partial charge >= 0.3 is 5.97 Å². The Bertz CT molecular complexity index is 558. The van der Waals surface area contributed by atoms with E-state index < -0.39 is 5.97 Å². The fraction of sp³-hybridized carbons (Fsp3) is 0.125. The van der Waals surface area contributed by atoms with Gasteiger partial charge in [0.25, 0.3) is 0 Å². The predicted octanol–water partition coefficient (Wildman–Crippen LogP) is 3.64. The number of carbonyl (C=O) groups is 2. The van der Waals surface area contributed by atoms with E-state index in [9.17, 15) is 9.59 Å². The summed E-state index contributed by atoms with van der Waals surface area (Å²) in [5.74, 6) is -0.689. The second kappa shape index (κ2) is 6.65. The molecular formula is C16H13IO3. The highest BCUT2D eigenvalue weighted by molar-refractivity contribution is 14.1. The zero-order valence-corrected chi connectivity index (χ0v) is 13.1. The first-order valence-corrected chi connectivity index (χ1v) is 7.17. The van der Waals surface area contributed by atoms with Gasteiger partial charge in [0.05, 0.1) is 5.56 Å². The van der Waals surface area contributed by atoms with Crippen LogP contribution in [0.5, 0.6) is 0 Å². The van der Waals surface area contributed by atoms with Gasteiger partial charge in [0.1, 0.15) is 0 Å². The van der Waals surface area contributed by atoms with Gasteiger partial charge < -0.3 is 4.74 Å². The van der Waals surface area contributed by atoms with Crippen LogP contribution in [0, 0.1) is 10.5 Å². The van der Waals surface area contributed by atoms with E-state index >= 15 is 0 Å². The number of hydrogen-bond donors (Lipinski definition) is 0. The molecule has 0 fully saturated rings. The molecule has 2 rings (SSSR count). The van der Waals surface area contributed by atoms with Crippen molar-refractivity contribution in [2.45, 2.75) is 6.92 Å². The van der Waals surface area contributed by atoms with Crippen LogP contribution in [0.4, 0.5) is 0 Å². The number of carbonyl (C=O) groups excluding carboxylic acids is 2. The molecule has 0 N–H and O–H groups in total. The number of halogens is 1. The number of esters is 1. The molecule has 0 aliphatic carbocycles. The van der Waals surface area contributed by atoms with E-state index in [-0.39, 0.29) is 12.4 Å². The minimum absolute atomic E-state index is 0.205. The Hall–Kier alpha value is -1.69. The molecule has 0 bridgehead atoms. The average Bonchev–Trinajstić information content (AvgIpc) is 2.46.